The third-order valence-electron chi connectivity index (χ3n) is 3.11. The van der Waals surface area contributed by atoms with Crippen LogP contribution in [0.25, 0.3) is 11.4 Å². The Morgan fingerprint density at radius 1 is 1.24 bits per heavy atom. The number of nitrogens with zero attached hydrogens (tertiary/aromatic N) is 3. The van der Waals surface area contributed by atoms with Crippen LogP contribution in [0.2, 0.25) is 0 Å². The van der Waals surface area contributed by atoms with E-state index in [-0.39, 0.29) is 11.7 Å². The van der Waals surface area contributed by atoms with Crippen molar-refractivity contribution < 1.29 is 14.7 Å². The lowest BCUT2D eigenvalue weighted by Gasteiger charge is -2.05. The zero-order valence-corrected chi connectivity index (χ0v) is 13.7. The van der Waals surface area contributed by atoms with Crippen LogP contribution in [0.3, 0.4) is 0 Å². The number of carboxylic acids is 1. The van der Waals surface area contributed by atoms with E-state index < -0.39 is 5.97 Å². The monoisotopic (exact) mass is 355 g/mol. The number of H-pyrrole nitrogens is 1. The Hall–Kier alpha value is -3.20. The predicted molar refractivity (Wildman–Crippen MR) is 92.4 cm³/mol. The molecule has 2 aromatic heterocycles. The van der Waals surface area contributed by atoms with Crippen LogP contribution in [-0.4, -0.2) is 42.9 Å². The maximum atomic E-state index is 12.3. The minimum atomic E-state index is -0.939. The normalized spacial score (nSPS) is 10.4. The van der Waals surface area contributed by atoms with Crippen molar-refractivity contribution in [3.63, 3.8) is 0 Å². The van der Waals surface area contributed by atoms with Gasteiger partial charge in [0.1, 0.15) is 0 Å². The molecule has 0 atom stereocenters. The molecule has 0 saturated heterocycles. The average Bonchev–Trinajstić information content (AvgIpc) is 3.10. The number of aromatic nitrogens is 4. The topological polar surface area (TPSA) is 121 Å². The average molecular weight is 355 g/mol. The molecule has 9 heteroatoms. The number of amides is 1. The SMILES string of the molecule is O=C(O)CSc1n[nH]c(-c2cccc(C(=O)Nc3cccnc3)c2)n1. The third-order valence-corrected chi connectivity index (χ3v) is 3.94. The molecule has 1 aromatic carbocycles. The first-order chi connectivity index (χ1) is 12.1. The van der Waals surface area contributed by atoms with Gasteiger partial charge in [0.2, 0.25) is 5.16 Å². The lowest BCUT2D eigenvalue weighted by Crippen LogP contribution is -2.11. The van der Waals surface area contributed by atoms with Gasteiger partial charge >= 0.3 is 5.97 Å². The molecule has 0 bridgehead atoms. The molecule has 0 spiro atoms. The van der Waals surface area contributed by atoms with Gasteiger partial charge in [0.05, 0.1) is 17.6 Å². The van der Waals surface area contributed by atoms with Crippen molar-refractivity contribution in [2.24, 2.45) is 0 Å². The van der Waals surface area contributed by atoms with Crippen molar-refractivity contribution >= 4 is 29.3 Å². The highest BCUT2D eigenvalue weighted by atomic mass is 32.2. The van der Waals surface area contributed by atoms with Crippen LogP contribution in [0.1, 0.15) is 10.4 Å². The number of hydrogen-bond acceptors (Lipinski definition) is 6. The van der Waals surface area contributed by atoms with Crippen molar-refractivity contribution in [3.8, 4) is 11.4 Å². The summed E-state index contributed by atoms with van der Waals surface area (Å²) in [5.74, 6) is -0.866. The number of anilines is 1. The number of rotatable bonds is 6. The molecular weight excluding hydrogens is 342 g/mol. The van der Waals surface area contributed by atoms with Gasteiger partial charge in [-0.25, -0.2) is 4.98 Å². The van der Waals surface area contributed by atoms with Gasteiger partial charge in [0, 0.05) is 17.3 Å². The fraction of sp³-hybridized carbons (Fsp3) is 0.0625. The minimum absolute atomic E-state index is 0.120. The fourth-order valence-corrected chi connectivity index (χ4v) is 2.53. The number of nitrogens with one attached hydrogen (secondary N) is 2. The molecular formula is C16H13N5O3S. The van der Waals surface area contributed by atoms with E-state index in [2.05, 4.69) is 25.5 Å². The smallest absolute Gasteiger partial charge is 0.313 e. The molecule has 1 amide bonds. The molecule has 0 aliphatic heterocycles. The molecule has 3 N–H and O–H groups in total. The largest absolute Gasteiger partial charge is 0.481 e. The van der Waals surface area contributed by atoms with E-state index in [1.165, 1.54) is 0 Å². The van der Waals surface area contributed by atoms with Crippen molar-refractivity contribution in [1.29, 1.82) is 0 Å². The third kappa shape index (κ3) is 4.42. The van der Waals surface area contributed by atoms with Crippen LogP contribution in [0.4, 0.5) is 5.69 Å². The molecule has 126 valence electrons. The summed E-state index contributed by atoms with van der Waals surface area (Å²) in [5.41, 5.74) is 1.73. The van der Waals surface area contributed by atoms with E-state index in [1.807, 2.05) is 0 Å². The quantitative estimate of drug-likeness (QED) is 0.580. The molecule has 3 aromatic rings. The first-order valence-corrected chi connectivity index (χ1v) is 8.19. The highest BCUT2D eigenvalue weighted by Gasteiger charge is 2.11. The van der Waals surface area contributed by atoms with Gasteiger partial charge in [-0.3, -0.25) is 19.7 Å². The molecule has 0 radical (unpaired) electrons. The molecule has 3 rings (SSSR count). The maximum Gasteiger partial charge on any atom is 0.313 e. The second-order valence-corrected chi connectivity index (χ2v) is 5.87. The molecule has 0 aliphatic rings. The summed E-state index contributed by atoms with van der Waals surface area (Å²) in [6, 6.07) is 10.4. The van der Waals surface area contributed by atoms with Gasteiger partial charge in [-0.15, -0.1) is 5.10 Å². The van der Waals surface area contributed by atoms with E-state index in [0.29, 0.717) is 27.8 Å². The van der Waals surface area contributed by atoms with E-state index in [0.717, 1.165) is 11.8 Å². The summed E-state index contributed by atoms with van der Waals surface area (Å²) in [4.78, 5) is 31.1. The number of carbonyl (C=O) groups excluding carboxylic acids is 1. The van der Waals surface area contributed by atoms with Crippen molar-refractivity contribution in [1.82, 2.24) is 20.2 Å². The van der Waals surface area contributed by atoms with E-state index in [9.17, 15) is 9.59 Å². The Morgan fingerprint density at radius 2 is 2.12 bits per heavy atom. The molecule has 0 aliphatic carbocycles. The van der Waals surface area contributed by atoms with Gasteiger partial charge in [-0.1, -0.05) is 23.9 Å². The van der Waals surface area contributed by atoms with Crippen LogP contribution < -0.4 is 5.32 Å². The summed E-state index contributed by atoms with van der Waals surface area (Å²) in [6.45, 7) is 0. The van der Waals surface area contributed by atoms with Gasteiger partial charge < -0.3 is 10.4 Å². The lowest BCUT2D eigenvalue weighted by molar-refractivity contribution is -0.133. The second-order valence-electron chi connectivity index (χ2n) is 4.93. The minimum Gasteiger partial charge on any atom is -0.481 e. The van der Waals surface area contributed by atoms with Crippen LogP contribution in [0.15, 0.2) is 53.9 Å². The number of pyridine rings is 1. The summed E-state index contributed by atoms with van der Waals surface area (Å²) in [7, 11) is 0. The molecule has 25 heavy (non-hydrogen) atoms. The molecule has 2 heterocycles. The number of carboxylic acid groups (broad SMARTS) is 1. The predicted octanol–water partition coefficient (Wildman–Crippen LogP) is 2.30. The Labute approximate surface area is 146 Å². The standard InChI is InChI=1S/C16H13N5O3S/c22-13(23)9-25-16-19-14(20-21-16)10-3-1-4-11(7-10)15(24)18-12-5-2-6-17-8-12/h1-8H,9H2,(H,18,24)(H,22,23)(H,19,20,21). The molecule has 8 nitrogen and oxygen atoms in total. The Balaban J connectivity index is 1.75. The van der Waals surface area contributed by atoms with E-state index in [4.69, 9.17) is 5.11 Å². The van der Waals surface area contributed by atoms with Crippen molar-refractivity contribution in [3.05, 3.63) is 54.4 Å². The van der Waals surface area contributed by atoms with Crippen LogP contribution in [-0.2, 0) is 4.79 Å². The first kappa shape index (κ1) is 16.7. The summed E-state index contributed by atoms with van der Waals surface area (Å²) in [6.07, 6.45) is 3.18. The number of carbonyl (C=O) groups is 2. The number of hydrogen-bond donors (Lipinski definition) is 3. The number of benzene rings is 1. The maximum absolute atomic E-state index is 12.3. The van der Waals surface area contributed by atoms with Gasteiger partial charge in [0.25, 0.3) is 5.91 Å². The fourth-order valence-electron chi connectivity index (χ4n) is 2.01. The number of aliphatic carboxylic acids is 1. The summed E-state index contributed by atoms with van der Waals surface area (Å²) >= 11 is 1.02. The Morgan fingerprint density at radius 3 is 2.88 bits per heavy atom. The Kier molecular flexibility index (Phi) is 5.05. The van der Waals surface area contributed by atoms with Crippen LogP contribution in [0.5, 0.6) is 0 Å². The zero-order valence-electron chi connectivity index (χ0n) is 12.8. The Bertz CT molecular complexity index is 898. The van der Waals surface area contributed by atoms with E-state index in [1.54, 1.807) is 48.8 Å². The summed E-state index contributed by atoms with van der Waals surface area (Å²) in [5, 5.41) is 18.5. The highest BCUT2D eigenvalue weighted by Crippen LogP contribution is 2.20. The lowest BCUT2D eigenvalue weighted by atomic mass is 10.1. The first-order valence-electron chi connectivity index (χ1n) is 7.20. The van der Waals surface area contributed by atoms with Crippen LogP contribution in [0, 0.1) is 0 Å². The van der Waals surface area contributed by atoms with Crippen molar-refractivity contribution in [2.75, 3.05) is 11.1 Å². The second kappa shape index (κ2) is 7.58. The number of thioether (sulfide) groups is 1. The molecule has 0 unspecified atom stereocenters. The van der Waals surface area contributed by atoms with E-state index >= 15 is 0 Å². The zero-order chi connectivity index (χ0) is 17.6. The van der Waals surface area contributed by atoms with Gasteiger partial charge in [-0.2, -0.15) is 0 Å². The highest BCUT2D eigenvalue weighted by molar-refractivity contribution is 7.99. The summed E-state index contributed by atoms with van der Waals surface area (Å²) < 4.78 is 0. The van der Waals surface area contributed by atoms with Gasteiger partial charge in [0.15, 0.2) is 5.82 Å². The molecule has 0 saturated carbocycles. The van der Waals surface area contributed by atoms with Gasteiger partial charge in [-0.05, 0) is 24.3 Å². The number of aromatic amines is 1. The van der Waals surface area contributed by atoms with Crippen molar-refractivity contribution in [2.45, 2.75) is 5.16 Å². The molecule has 0 fully saturated rings. The van der Waals surface area contributed by atoms with Crippen LogP contribution >= 0.6 is 11.8 Å².